The van der Waals surface area contributed by atoms with E-state index in [2.05, 4.69) is 9.97 Å². The SMILES string of the molecule is O=C(c1ccc[n+]([O-])c1)N1CCCC(Oc2ncccn2)C1. The first-order valence-electron chi connectivity index (χ1n) is 7.14. The molecule has 0 saturated carbocycles. The van der Waals surface area contributed by atoms with Crippen LogP contribution in [0.3, 0.4) is 0 Å². The molecule has 0 N–H and O–H groups in total. The average Bonchev–Trinajstić information content (AvgIpc) is 2.55. The van der Waals surface area contributed by atoms with Gasteiger partial charge >= 0.3 is 6.01 Å². The monoisotopic (exact) mass is 300 g/mol. The van der Waals surface area contributed by atoms with E-state index in [1.165, 1.54) is 12.4 Å². The standard InChI is InChI=1S/C15H16N4O3/c20-14(12-4-1-9-19(21)10-12)18-8-2-5-13(11-18)22-15-16-6-3-7-17-15/h1,3-4,6-7,9-10,13H,2,5,8,11H2. The van der Waals surface area contributed by atoms with E-state index in [0.29, 0.717) is 29.4 Å². The minimum Gasteiger partial charge on any atom is -0.619 e. The Bertz CT molecular complexity index is 650. The molecule has 1 fully saturated rings. The minimum absolute atomic E-state index is 0.136. The van der Waals surface area contributed by atoms with E-state index in [1.807, 2.05) is 0 Å². The van der Waals surface area contributed by atoms with Crippen LogP contribution in [0, 0.1) is 5.21 Å². The summed E-state index contributed by atoms with van der Waals surface area (Å²) in [4.78, 5) is 22.2. The second kappa shape index (κ2) is 6.38. The number of amides is 1. The normalized spacial score (nSPS) is 18.0. The van der Waals surface area contributed by atoms with Crippen LogP contribution in [0.25, 0.3) is 0 Å². The summed E-state index contributed by atoms with van der Waals surface area (Å²) in [5, 5.41) is 11.3. The number of nitrogens with zero attached hydrogens (tertiary/aromatic N) is 4. The molecule has 1 aliphatic heterocycles. The van der Waals surface area contributed by atoms with Gasteiger partial charge in [0.25, 0.3) is 5.91 Å². The Kier molecular flexibility index (Phi) is 4.13. The van der Waals surface area contributed by atoms with E-state index < -0.39 is 0 Å². The Labute approximate surface area is 127 Å². The summed E-state index contributed by atoms with van der Waals surface area (Å²) >= 11 is 0. The van der Waals surface area contributed by atoms with Gasteiger partial charge in [0, 0.05) is 25.0 Å². The second-order valence-corrected chi connectivity index (χ2v) is 5.12. The van der Waals surface area contributed by atoms with Crippen molar-refractivity contribution >= 4 is 5.91 Å². The van der Waals surface area contributed by atoms with Crippen molar-refractivity contribution in [3.05, 3.63) is 53.8 Å². The van der Waals surface area contributed by atoms with Crippen LogP contribution in [-0.2, 0) is 0 Å². The molecule has 0 radical (unpaired) electrons. The predicted octanol–water partition coefficient (Wildman–Crippen LogP) is 0.794. The molecule has 1 aliphatic rings. The minimum atomic E-state index is -0.160. The van der Waals surface area contributed by atoms with Crippen molar-refractivity contribution in [3.8, 4) is 6.01 Å². The van der Waals surface area contributed by atoms with Gasteiger partial charge in [0.1, 0.15) is 11.7 Å². The number of pyridine rings is 1. The van der Waals surface area contributed by atoms with E-state index in [-0.39, 0.29) is 12.0 Å². The van der Waals surface area contributed by atoms with Crippen LogP contribution in [0.5, 0.6) is 6.01 Å². The molecular weight excluding hydrogens is 284 g/mol. The second-order valence-electron chi connectivity index (χ2n) is 5.12. The van der Waals surface area contributed by atoms with Gasteiger partial charge in [0.05, 0.1) is 6.54 Å². The molecule has 3 rings (SSSR count). The largest absolute Gasteiger partial charge is 0.619 e. The van der Waals surface area contributed by atoms with E-state index in [9.17, 15) is 10.0 Å². The number of ether oxygens (including phenoxy) is 1. The molecule has 0 spiro atoms. The number of piperidine rings is 1. The van der Waals surface area contributed by atoms with Crippen molar-refractivity contribution in [1.29, 1.82) is 0 Å². The third-order valence-corrected chi connectivity index (χ3v) is 3.50. The van der Waals surface area contributed by atoms with Gasteiger partial charge in [0.15, 0.2) is 12.4 Å². The molecule has 7 heteroatoms. The average molecular weight is 300 g/mol. The van der Waals surface area contributed by atoms with Crippen molar-refractivity contribution < 1.29 is 14.3 Å². The molecular formula is C15H16N4O3. The molecule has 114 valence electrons. The summed E-state index contributed by atoms with van der Waals surface area (Å²) in [6.07, 6.45) is 7.42. The number of hydrogen-bond acceptors (Lipinski definition) is 5. The van der Waals surface area contributed by atoms with Crippen LogP contribution in [0.1, 0.15) is 23.2 Å². The van der Waals surface area contributed by atoms with E-state index in [4.69, 9.17) is 4.74 Å². The number of carbonyl (C=O) groups is 1. The molecule has 1 atom stereocenters. The number of aromatic nitrogens is 3. The maximum Gasteiger partial charge on any atom is 0.316 e. The molecule has 7 nitrogen and oxygen atoms in total. The van der Waals surface area contributed by atoms with Gasteiger partial charge in [-0.2, -0.15) is 4.73 Å². The van der Waals surface area contributed by atoms with Crippen LogP contribution < -0.4 is 9.47 Å². The zero-order valence-corrected chi connectivity index (χ0v) is 12.0. The Morgan fingerprint density at radius 3 is 2.95 bits per heavy atom. The summed E-state index contributed by atoms with van der Waals surface area (Å²) < 4.78 is 6.34. The van der Waals surface area contributed by atoms with E-state index in [1.54, 1.807) is 35.5 Å². The number of hydrogen-bond donors (Lipinski definition) is 0. The van der Waals surface area contributed by atoms with Gasteiger partial charge in [-0.05, 0) is 25.0 Å². The highest BCUT2D eigenvalue weighted by Crippen LogP contribution is 2.16. The van der Waals surface area contributed by atoms with Crippen molar-refractivity contribution in [2.75, 3.05) is 13.1 Å². The molecule has 1 amide bonds. The molecule has 3 heterocycles. The lowest BCUT2D eigenvalue weighted by molar-refractivity contribution is -0.605. The number of rotatable bonds is 3. The highest BCUT2D eigenvalue weighted by molar-refractivity contribution is 5.93. The fraction of sp³-hybridized carbons (Fsp3) is 0.333. The van der Waals surface area contributed by atoms with Gasteiger partial charge in [-0.1, -0.05) is 0 Å². The Balaban J connectivity index is 1.66. The van der Waals surface area contributed by atoms with Gasteiger partial charge < -0.3 is 14.8 Å². The first kappa shape index (κ1) is 14.2. The molecule has 2 aromatic rings. The van der Waals surface area contributed by atoms with Crippen molar-refractivity contribution in [2.24, 2.45) is 0 Å². The summed E-state index contributed by atoms with van der Waals surface area (Å²) in [7, 11) is 0. The molecule has 22 heavy (non-hydrogen) atoms. The van der Waals surface area contributed by atoms with E-state index >= 15 is 0 Å². The highest BCUT2D eigenvalue weighted by Gasteiger charge is 2.27. The Hall–Kier alpha value is -2.70. The molecule has 0 aliphatic carbocycles. The molecule has 0 bridgehead atoms. The zero-order valence-electron chi connectivity index (χ0n) is 12.0. The fourth-order valence-electron chi connectivity index (χ4n) is 2.48. The van der Waals surface area contributed by atoms with Crippen molar-refractivity contribution in [3.63, 3.8) is 0 Å². The van der Waals surface area contributed by atoms with Gasteiger partial charge in [-0.15, -0.1) is 0 Å². The highest BCUT2D eigenvalue weighted by atomic mass is 16.5. The smallest absolute Gasteiger partial charge is 0.316 e. The first-order valence-corrected chi connectivity index (χ1v) is 7.14. The summed E-state index contributed by atoms with van der Waals surface area (Å²) in [5.41, 5.74) is 0.383. The fourth-order valence-corrected chi connectivity index (χ4v) is 2.48. The molecule has 0 aromatic carbocycles. The maximum atomic E-state index is 12.4. The number of carbonyl (C=O) groups excluding carboxylic acids is 1. The van der Waals surface area contributed by atoms with Crippen molar-refractivity contribution in [1.82, 2.24) is 14.9 Å². The van der Waals surface area contributed by atoms with Crippen molar-refractivity contribution in [2.45, 2.75) is 18.9 Å². The van der Waals surface area contributed by atoms with Crippen LogP contribution >= 0.6 is 0 Å². The third kappa shape index (κ3) is 3.30. The molecule has 1 saturated heterocycles. The Morgan fingerprint density at radius 1 is 1.36 bits per heavy atom. The van der Waals surface area contributed by atoms with Gasteiger partial charge in [0.2, 0.25) is 0 Å². The maximum absolute atomic E-state index is 12.4. The van der Waals surface area contributed by atoms with Gasteiger partial charge in [-0.25, -0.2) is 9.97 Å². The van der Waals surface area contributed by atoms with Crippen LogP contribution in [-0.4, -0.2) is 40.0 Å². The van der Waals surface area contributed by atoms with Crippen LogP contribution in [0.4, 0.5) is 0 Å². The lowest BCUT2D eigenvalue weighted by Gasteiger charge is -2.32. The third-order valence-electron chi connectivity index (χ3n) is 3.50. The summed E-state index contributed by atoms with van der Waals surface area (Å²) in [5.74, 6) is -0.160. The van der Waals surface area contributed by atoms with E-state index in [0.717, 1.165) is 12.8 Å². The molecule has 2 aromatic heterocycles. The lowest BCUT2D eigenvalue weighted by Crippen LogP contribution is -2.45. The first-order chi connectivity index (χ1) is 10.7. The van der Waals surface area contributed by atoms with Crippen LogP contribution in [0.2, 0.25) is 0 Å². The summed E-state index contributed by atoms with van der Waals surface area (Å²) in [6, 6.07) is 5.24. The van der Waals surface area contributed by atoms with Gasteiger partial charge in [-0.3, -0.25) is 4.79 Å². The topological polar surface area (TPSA) is 82.3 Å². The lowest BCUT2D eigenvalue weighted by atomic mass is 10.1. The quantitative estimate of drug-likeness (QED) is 0.618. The zero-order chi connectivity index (χ0) is 15.4. The predicted molar refractivity (Wildman–Crippen MR) is 77.0 cm³/mol. The number of likely N-dealkylation sites (tertiary alicyclic amines) is 1. The van der Waals surface area contributed by atoms with Crippen LogP contribution in [0.15, 0.2) is 43.0 Å². The summed E-state index contributed by atoms with van der Waals surface area (Å²) in [6.45, 7) is 1.12. The Morgan fingerprint density at radius 2 is 2.18 bits per heavy atom. The molecule has 1 unspecified atom stereocenters.